The molecule has 1 saturated carbocycles. The van der Waals surface area contributed by atoms with Crippen LogP contribution in [0, 0.1) is 5.92 Å². The molecule has 2 fully saturated rings. The molecular weight excluding hydrogens is 356 g/mol. The maximum atomic E-state index is 10.7. The van der Waals surface area contributed by atoms with E-state index in [1.807, 2.05) is 11.3 Å². The third kappa shape index (κ3) is 5.69. The number of hydrogen-bond acceptors (Lipinski definition) is 4. The molecule has 3 rings (SSSR count). The van der Waals surface area contributed by atoms with Crippen molar-refractivity contribution in [2.75, 3.05) is 33.2 Å². The van der Waals surface area contributed by atoms with E-state index in [1.165, 1.54) is 30.7 Å². The van der Waals surface area contributed by atoms with Crippen LogP contribution in [0.3, 0.4) is 0 Å². The van der Waals surface area contributed by atoms with Crippen molar-refractivity contribution in [3.05, 3.63) is 22.4 Å². The number of likely N-dealkylation sites (tertiary alicyclic amines) is 1. The van der Waals surface area contributed by atoms with Gasteiger partial charge >= 0.3 is 0 Å². The molecule has 5 nitrogen and oxygen atoms in total. The quantitative estimate of drug-likeness (QED) is 0.513. The summed E-state index contributed by atoms with van der Waals surface area (Å²) in [7, 11) is 2.24. The van der Waals surface area contributed by atoms with Crippen LogP contribution >= 0.6 is 11.3 Å². The number of hydrogen-bond donors (Lipinski definition) is 3. The molecular formula is C21H36N4OS. The second kappa shape index (κ2) is 9.89. The standard InChI is InChI=1S/C21H36N4OS/c1-3-22-20(24-16-21(26)11-5-4-6-12-21)23-15-17-9-7-13-25(2)19(17)18-10-8-14-27-18/h8,10,14,17,19,26H,3-7,9,11-13,15-16H2,1-2H3,(H2,22,23,24). The van der Waals surface area contributed by atoms with Gasteiger partial charge in [0, 0.05) is 24.0 Å². The Morgan fingerprint density at radius 1 is 1.30 bits per heavy atom. The van der Waals surface area contributed by atoms with Crippen molar-refractivity contribution < 1.29 is 5.11 Å². The number of rotatable bonds is 6. The van der Waals surface area contributed by atoms with Gasteiger partial charge in [-0.25, -0.2) is 0 Å². The van der Waals surface area contributed by atoms with Gasteiger partial charge in [0.1, 0.15) is 0 Å². The van der Waals surface area contributed by atoms with Crippen LogP contribution in [0.15, 0.2) is 22.5 Å². The predicted octanol–water partition coefficient (Wildman–Crippen LogP) is 3.38. The molecule has 152 valence electrons. The van der Waals surface area contributed by atoms with Crippen LogP contribution in [0.2, 0.25) is 0 Å². The normalized spacial score (nSPS) is 26.7. The minimum Gasteiger partial charge on any atom is -0.388 e. The van der Waals surface area contributed by atoms with Crippen LogP contribution < -0.4 is 10.6 Å². The Labute approximate surface area is 168 Å². The molecule has 2 atom stereocenters. The number of nitrogens with zero attached hydrogens (tertiary/aromatic N) is 2. The van der Waals surface area contributed by atoms with Crippen molar-refractivity contribution in [2.24, 2.45) is 10.9 Å². The number of guanidine groups is 1. The van der Waals surface area contributed by atoms with Gasteiger partial charge in [-0.2, -0.15) is 0 Å². The zero-order chi connectivity index (χ0) is 19.1. The fourth-order valence-electron chi connectivity index (χ4n) is 4.55. The summed E-state index contributed by atoms with van der Waals surface area (Å²) >= 11 is 1.86. The van der Waals surface area contributed by atoms with E-state index in [9.17, 15) is 5.11 Å². The summed E-state index contributed by atoms with van der Waals surface area (Å²) in [6.45, 7) is 5.51. The maximum Gasteiger partial charge on any atom is 0.191 e. The zero-order valence-electron chi connectivity index (χ0n) is 16.9. The summed E-state index contributed by atoms with van der Waals surface area (Å²) in [5.41, 5.74) is -0.606. The smallest absolute Gasteiger partial charge is 0.191 e. The lowest BCUT2D eigenvalue weighted by Crippen LogP contribution is -2.45. The van der Waals surface area contributed by atoms with Crippen LogP contribution in [-0.2, 0) is 0 Å². The van der Waals surface area contributed by atoms with Crippen LogP contribution in [0.5, 0.6) is 0 Å². The van der Waals surface area contributed by atoms with Crippen molar-refractivity contribution in [2.45, 2.75) is 63.5 Å². The molecule has 1 aliphatic heterocycles. The van der Waals surface area contributed by atoms with E-state index in [4.69, 9.17) is 4.99 Å². The third-order valence-electron chi connectivity index (χ3n) is 6.03. The lowest BCUT2D eigenvalue weighted by atomic mass is 9.85. The summed E-state index contributed by atoms with van der Waals surface area (Å²) in [4.78, 5) is 8.69. The van der Waals surface area contributed by atoms with E-state index in [0.29, 0.717) is 18.5 Å². The van der Waals surface area contributed by atoms with E-state index in [-0.39, 0.29) is 0 Å². The van der Waals surface area contributed by atoms with Gasteiger partial charge in [0.15, 0.2) is 5.96 Å². The molecule has 3 N–H and O–H groups in total. The highest BCUT2D eigenvalue weighted by Gasteiger charge is 2.32. The molecule has 1 aromatic rings. The first kappa shape index (κ1) is 20.6. The monoisotopic (exact) mass is 392 g/mol. The largest absolute Gasteiger partial charge is 0.388 e. The predicted molar refractivity (Wildman–Crippen MR) is 114 cm³/mol. The highest BCUT2D eigenvalue weighted by atomic mass is 32.1. The second-order valence-corrected chi connectivity index (χ2v) is 9.18. The van der Waals surface area contributed by atoms with E-state index < -0.39 is 5.60 Å². The van der Waals surface area contributed by atoms with Gasteiger partial charge in [0.05, 0.1) is 12.1 Å². The molecule has 1 saturated heterocycles. The third-order valence-corrected chi connectivity index (χ3v) is 6.98. The molecule has 1 aliphatic carbocycles. The molecule has 0 bridgehead atoms. The molecule has 2 unspecified atom stereocenters. The molecule has 0 radical (unpaired) electrons. The zero-order valence-corrected chi connectivity index (χ0v) is 17.7. The summed E-state index contributed by atoms with van der Waals surface area (Å²) in [5, 5.41) is 19.8. The summed E-state index contributed by atoms with van der Waals surface area (Å²) in [6, 6.07) is 4.91. The highest BCUT2D eigenvalue weighted by Crippen LogP contribution is 2.36. The summed E-state index contributed by atoms with van der Waals surface area (Å²) in [5.74, 6) is 1.42. The molecule has 2 heterocycles. The van der Waals surface area contributed by atoms with Crippen molar-refractivity contribution in [1.29, 1.82) is 0 Å². The van der Waals surface area contributed by atoms with E-state index >= 15 is 0 Å². The molecule has 6 heteroatoms. The fraction of sp³-hybridized carbons (Fsp3) is 0.762. The number of nitrogens with one attached hydrogen (secondary N) is 2. The Balaban J connectivity index is 1.61. The van der Waals surface area contributed by atoms with Crippen LogP contribution in [0.25, 0.3) is 0 Å². The van der Waals surface area contributed by atoms with Crippen molar-refractivity contribution >= 4 is 17.3 Å². The first-order chi connectivity index (χ1) is 13.1. The van der Waals surface area contributed by atoms with Gasteiger partial charge in [-0.3, -0.25) is 9.89 Å². The van der Waals surface area contributed by atoms with Gasteiger partial charge in [-0.05, 0) is 63.6 Å². The van der Waals surface area contributed by atoms with Gasteiger partial charge in [-0.15, -0.1) is 11.3 Å². The van der Waals surface area contributed by atoms with Crippen molar-refractivity contribution in [3.63, 3.8) is 0 Å². The average molecular weight is 393 g/mol. The molecule has 2 aliphatic rings. The first-order valence-electron chi connectivity index (χ1n) is 10.6. The Morgan fingerprint density at radius 3 is 2.81 bits per heavy atom. The summed E-state index contributed by atoms with van der Waals surface area (Å²) in [6.07, 6.45) is 7.72. The fourth-order valence-corrected chi connectivity index (χ4v) is 5.53. The van der Waals surface area contributed by atoms with E-state index in [1.54, 1.807) is 0 Å². The van der Waals surface area contributed by atoms with Crippen LogP contribution in [-0.4, -0.2) is 54.8 Å². The number of piperidine rings is 1. The van der Waals surface area contributed by atoms with Crippen molar-refractivity contribution in [3.8, 4) is 0 Å². The molecule has 0 spiro atoms. The molecule has 0 aromatic carbocycles. The minimum atomic E-state index is -0.606. The van der Waals surface area contributed by atoms with Crippen LogP contribution in [0.4, 0.5) is 0 Å². The van der Waals surface area contributed by atoms with E-state index in [2.05, 4.69) is 47.0 Å². The van der Waals surface area contributed by atoms with Gasteiger partial charge in [0.25, 0.3) is 0 Å². The van der Waals surface area contributed by atoms with Gasteiger partial charge < -0.3 is 15.7 Å². The number of aliphatic hydroxyl groups is 1. The van der Waals surface area contributed by atoms with Gasteiger partial charge in [0.2, 0.25) is 0 Å². The maximum absolute atomic E-state index is 10.7. The minimum absolute atomic E-state index is 0.483. The number of aliphatic imine (C=N–C) groups is 1. The van der Waals surface area contributed by atoms with E-state index in [0.717, 1.165) is 44.7 Å². The highest BCUT2D eigenvalue weighted by molar-refractivity contribution is 7.10. The average Bonchev–Trinajstić information content (AvgIpc) is 3.19. The second-order valence-electron chi connectivity index (χ2n) is 8.20. The molecule has 1 aromatic heterocycles. The SMILES string of the molecule is CCNC(=NCC1(O)CCCCC1)NCC1CCCN(C)C1c1cccs1. The topological polar surface area (TPSA) is 59.9 Å². The number of thiophene rings is 1. The van der Waals surface area contributed by atoms with Crippen LogP contribution in [0.1, 0.15) is 62.8 Å². The molecule has 0 amide bonds. The van der Waals surface area contributed by atoms with Crippen molar-refractivity contribution in [1.82, 2.24) is 15.5 Å². The Kier molecular flexibility index (Phi) is 7.56. The lowest BCUT2D eigenvalue weighted by molar-refractivity contribution is 0.0131. The Bertz CT molecular complexity index is 583. The molecule has 27 heavy (non-hydrogen) atoms. The Hall–Kier alpha value is -1.11. The summed E-state index contributed by atoms with van der Waals surface area (Å²) < 4.78 is 0. The Morgan fingerprint density at radius 2 is 2.11 bits per heavy atom. The van der Waals surface area contributed by atoms with Gasteiger partial charge in [-0.1, -0.05) is 25.3 Å². The first-order valence-corrected chi connectivity index (χ1v) is 11.5. The lowest BCUT2D eigenvalue weighted by Gasteiger charge is -2.39.